The number of aromatic nitrogens is 2. The molecule has 0 saturated carbocycles. The van der Waals surface area contributed by atoms with Crippen molar-refractivity contribution in [1.29, 1.82) is 0 Å². The van der Waals surface area contributed by atoms with Gasteiger partial charge in [0, 0.05) is 36.2 Å². The zero-order valence-electron chi connectivity index (χ0n) is 17.8. The van der Waals surface area contributed by atoms with Crippen molar-refractivity contribution in [1.82, 2.24) is 14.9 Å². The second-order valence-corrected chi connectivity index (χ2v) is 9.30. The molecule has 2 aromatic heterocycles. The molecule has 166 valence electrons. The summed E-state index contributed by atoms with van der Waals surface area (Å²) in [6.45, 7) is 5.32. The third-order valence-electron chi connectivity index (χ3n) is 5.66. The lowest BCUT2D eigenvalue weighted by Gasteiger charge is -2.23. The van der Waals surface area contributed by atoms with Gasteiger partial charge in [0.05, 0.1) is 17.8 Å². The topological polar surface area (TPSA) is 56.2 Å². The molecule has 0 aliphatic heterocycles. The van der Waals surface area contributed by atoms with E-state index in [1.807, 2.05) is 13.8 Å². The molecule has 2 heterocycles. The maximum absolute atomic E-state index is 13.9. The standard InChI is InChI=1S/C23H27F2N3O2S/c1-14(2)30-10-4-9-28-13-27-22-21(23(28)29)16-8-7-15(11-20(16)31-22)26-12-17-18(24)5-3-6-19(17)25/h3,5-6,13-15,26H,4,7-12H2,1-2H3/t15-/m1/s1. The van der Waals surface area contributed by atoms with E-state index in [1.165, 1.54) is 18.2 Å². The zero-order valence-corrected chi connectivity index (χ0v) is 18.6. The molecule has 31 heavy (non-hydrogen) atoms. The maximum Gasteiger partial charge on any atom is 0.262 e. The number of rotatable bonds is 8. The third-order valence-corrected chi connectivity index (χ3v) is 6.82. The molecule has 8 heteroatoms. The Bertz CT molecular complexity index is 1110. The van der Waals surface area contributed by atoms with Gasteiger partial charge in [-0.2, -0.15) is 0 Å². The SMILES string of the molecule is CC(C)OCCCn1cnc2sc3c(c2c1=O)CC[C@@H](NCc1c(F)cccc1F)C3. The molecule has 1 atom stereocenters. The van der Waals surface area contributed by atoms with E-state index >= 15 is 0 Å². The highest BCUT2D eigenvalue weighted by molar-refractivity contribution is 7.18. The number of fused-ring (bicyclic) bond motifs is 3. The van der Waals surface area contributed by atoms with Crippen molar-refractivity contribution in [3.05, 3.63) is 62.5 Å². The normalized spacial score (nSPS) is 16.2. The van der Waals surface area contributed by atoms with Gasteiger partial charge in [0.2, 0.25) is 0 Å². The molecule has 0 spiro atoms. The second kappa shape index (κ2) is 9.54. The van der Waals surface area contributed by atoms with Gasteiger partial charge in [0.25, 0.3) is 5.56 Å². The van der Waals surface area contributed by atoms with Crippen LogP contribution in [-0.2, 0) is 30.7 Å². The lowest BCUT2D eigenvalue weighted by molar-refractivity contribution is 0.0747. The minimum Gasteiger partial charge on any atom is -0.379 e. The summed E-state index contributed by atoms with van der Waals surface area (Å²) in [6, 6.07) is 4.03. The van der Waals surface area contributed by atoms with Crippen molar-refractivity contribution < 1.29 is 13.5 Å². The summed E-state index contributed by atoms with van der Waals surface area (Å²) in [4.78, 5) is 19.5. The molecule has 4 rings (SSSR count). The van der Waals surface area contributed by atoms with E-state index in [0.717, 1.165) is 46.3 Å². The minimum atomic E-state index is -0.533. The largest absolute Gasteiger partial charge is 0.379 e. The number of benzene rings is 1. The first-order valence-corrected chi connectivity index (χ1v) is 11.5. The Morgan fingerprint density at radius 1 is 1.32 bits per heavy atom. The van der Waals surface area contributed by atoms with Crippen LogP contribution in [0.25, 0.3) is 10.2 Å². The first-order chi connectivity index (χ1) is 14.9. The number of aryl methyl sites for hydroxylation is 2. The van der Waals surface area contributed by atoms with Crippen LogP contribution >= 0.6 is 11.3 Å². The number of halogens is 2. The molecule has 0 unspecified atom stereocenters. The van der Waals surface area contributed by atoms with Gasteiger partial charge in [0.1, 0.15) is 16.5 Å². The van der Waals surface area contributed by atoms with Crippen LogP contribution in [0.2, 0.25) is 0 Å². The van der Waals surface area contributed by atoms with Gasteiger partial charge >= 0.3 is 0 Å². The van der Waals surface area contributed by atoms with Crippen LogP contribution in [0.1, 0.15) is 42.7 Å². The van der Waals surface area contributed by atoms with Gasteiger partial charge in [0.15, 0.2) is 0 Å². The highest BCUT2D eigenvalue weighted by Gasteiger charge is 2.25. The molecular weight excluding hydrogens is 420 g/mol. The average molecular weight is 448 g/mol. The summed E-state index contributed by atoms with van der Waals surface area (Å²) >= 11 is 1.55. The number of nitrogens with one attached hydrogen (secondary N) is 1. The van der Waals surface area contributed by atoms with Gasteiger partial charge in [-0.05, 0) is 57.2 Å². The van der Waals surface area contributed by atoms with Crippen molar-refractivity contribution in [3.63, 3.8) is 0 Å². The van der Waals surface area contributed by atoms with Gasteiger partial charge in [-0.1, -0.05) is 6.07 Å². The third kappa shape index (κ3) is 4.86. The van der Waals surface area contributed by atoms with Gasteiger partial charge in [-0.25, -0.2) is 13.8 Å². The fraction of sp³-hybridized carbons (Fsp3) is 0.478. The van der Waals surface area contributed by atoms with Gasteiger partial charge in [-0.15, -0.1) is 11.3 Å². The fourth-order valence-electron chi connectivity index (χ4n) is 4.04. The van der Waals surface area contributed by atoms with Crippen molar-refractivity contribution in [2.24, 2.45) is 0 Å². The van der Waals surface area contributed by atoms with Crippen LogP contribution in [0.3, 0.4) is 0 Å². The Morgan fingerprint density at radius 2 is 2.10 bits per heavy atom. The first-order valence-electron chi connectivity index (χ1n) is 10.7. The van der Waals surface area contributed by atoms with E-state index in [-0.39, 0.29) is 29.8 Å². The molecule has 0 saturated heterocycles. The maximum atomic E-state index is 13.9. The molecule has 0 radical (unpaired) electrons. The Hall–Kier alpha value is -2.16. The summed E-state index contributed by atoms with van der Waals surface area (Å²) in [5, 5.41) is 4.01. The van der Waals surface area contributed by atoms with Crippen LogP contribution < -0.4 is 10.9 Å². The second-order valence-electron chi connectivity index (χ2n) is 8.22. The number of ether oxygens (including phenoxy) is 1. The summed E-state index contributed by atoms with van der Waals surface area (Å²) in [5.41, 5.74) is 1.16. The smallest absolute Gasteiger partial charge is 0.262 e. The Balaban J connectivity index is 1.46. The molecule has 5 nitrogen and oxygen atoms in total. The Morgan fingerprint density at radius 3 is 2.84 bits per heavy atom. The van der Waals surface area contributed by atoms with Crippen molar-refractivity contribution in [2.75, 3.05) is 6.61 Å². The molecule has 1 N–H and O–H groups in total. The zero-order chi connectivity index (χ0) is 22.0. The van der Waals surface area contributed by atoms with Crippen molar-refractivity contribution in [3.8, 4) is 0 Å². The molecule has 1 aromatic carbocycles. The highest BCUT2D eigenvalue weighted by Crippen LogP contribution is 2.33. The molecule has 0 bridgehead atoms. The van der Waals surface area contributed by atoms with Gasteiger partial charge in [-0.3, -0.25) is 9.36 Å². The van der Waals surface area contributed by atoms with Crippen molar-refractivity contribution >= 4 is 21.6 Å². The predicted octanol–water partition coefficient (Wildman–Crippen LogP) is 4.20. The van der Waals surface area contributed by atoms with Gasteiger partial charge < -0.3 is 10.1 Å². The molecule has 0 fully saturated rings. The Labute approximate surface area is 184 Å². The minimum absolute atomic E-state index is 0.00637. The van der Waals surface area contributed by atoms with E-state index in [9.17, 15) is 13.6 Å². The summed E-state index contributed by atoms with van der Waals surface area (Å²) in [6.07, 6.45) is 4.86. The monoisotopic (exact) mass is 447 g/mol. The number of nitrogens with zero attached hydrogens (tertiary/aromatic N) is 2. The molecule has 3 aromatic rings. The molecule has 0 amide bonds. The number of thiophene rings is 1. The lowest BCUT2D eigenvalue weighted by Crippen LogP contribution is -2.34. The van der Waals surface area contributed by atoms with Crippen LogP contribution in [0, 0.1) is 11.6 Å². The summed E-state index contributed by atoms with van der Waals surface area (Å²) < 4.78 is 35.0. The van der Waals surface area contributed by atoms with E-state index in [2.05, 4.69) is 10.3 Å². The summed E-state index contributed by atoms with van der Waals surface area (Å²) in [7, 11) is 0. The van der Waals surface area contributed by atoms with Crippen LogP contribution in [0.15, 0.2) is 29.3 Å². The van der Waals surface area contributed by atoms with E-state index < -0.39 is 11.6 Å². The van der Waals surface area contributed by atoms with E-state index in [1.54, 1.807) is 22.2 Å². The number of hydrogen-bond donors (Lipinski definition) is 1. The predicted molar refractivity (Wildman–Crippen MR) is 119 cm³/mol. The number of hydrogen-bond acceptors (Lipinski definition) is 5. The molecule has 1 aliphatic rings. The molecule has 1 aliphatic carbocycles. The highest BCUT2D eigenvalue weighted by atomic mass is 32.1. The lowest BCUT2D eigenvalue weighted by atomic mass is 9.93. The van der Waals surface area contributed by atoms with Crippen LogP contribution in [0.5, 0.6) is 0 Å². The quantitative estimate of drug-likeness (QED) is 0.526. The fourth-order valence-corrected chi connectivity index (χ4v) is 5.29. The summed E-state index contributed by atoms with van der Waals surface area (Å²) in [5.74, 6) is -1.07. The average Bonchev–Trinajstić information content (AvgIpc) is 3.10. The van der Waals surface area contributed by atoms with Crippen molar-refractivity contribution in [2.45, 2.75) is 64.8 Å². The van der Waals surface area contributed by atoms with Crippen LogP contribution in [-0.4, -0.2) is 28.3 Å². The Kier molecular flexibility index (Phi) is 6.79. The van der Waals surface area contributed by atoms with E-state index in [4.69, 9.17) is 4.74 Å². The van der Waals surface area contributed by atoms with E-state index in [0.29, 0.717) is 13.2 Å². The van der Waals surface area contributed by atoms with Crippen LogP contribution in [0.4, 0.5) is 8.78 Å². The first kappa shape index (κ1) is 22.0. The molecular formula is C23H27F2N3O2S.